The lowest BCUT2D eigenvalue weighted by Gasteiger charge is -2.49. The van der Waals surface area contributed by atoms with Crippen molar-refractivity contribution in [3.63, 3.8) is 0 Å². The lowest BCUT2D eigenvalue weighted by Crippen LogP contribution is -2.41. The Bertz CT molecular complexity index is 656. The summed E-state index contributed by atoms with van der Waals surface area (Å²) in [6.45, 7) is 6.80. The fourth-order valence-corrected chi connectivity index (χ4v) is 6.04. The molecule has 0 aliphatic heterocycles. The first-order valence-electron chi connectivity index (χ1n) is 10.8. The summed E-state index contributed by atoms with van der Waals surface area (Å²) >= 11 is 0. The second-order valence-corrected chi connectivity index (χ2v) is 8.98. The van der Waals surface area contributed by atoms with E-state index in [9.17, 15) is 9.59 Å². The molecule has 0 amide bonds. The van der Waals surface area contributed by atoms with Crippen LogP contribution in [0.1, 0.15) is 65.7 Å². The van der Waals surface area contributed by atoms with Gasteiger partial charge in [0.15, 0.2) is 5.78 Å². The Hall–Kier alpha value is -1.82. The zero-order chi connectivity index (χ0) is 20.9. The standard InChI is InChI=1S/C23H34O3.C2H2/c1-5-6-7-21-19(16-12-15(2)20(13-16)22(25)26-4)9-8-17-14-18(24)10-11-23(17,21)3;1-2/h10-11,14-16,19-21H,5-9,12-13H2,1-4H3;1-2H/t15-,16?,19?,20-,21?,23+;/m1./s1. The fraction of sp³-hybridized carbons (Fsp3) is 0.680. The Balaban J connectivity index is 0.00000136. The number of hydrogen-bond donors (Lipinski definition) is 0. The molecule has 3 heteroatoms. The Morgan fingerprint density at radius 3 is 2.68 bits per heavy atom. The van der Waals surface area contributed by atoms with Crippen LogP contribution in [0.2, 0.25) is 0 Å². The van der Waals surface area contributed by atoms with E-state index in [4.69, 9.17) is 4.74 Å². The van der Waals surface area contributed by atoms with Crippen LogP contribution in [0.5, 0.6) is 0 Å². The molecule has 0 heterocycles. The van der Waals surface area contributed by atoms with Gasteiger partial charge in [0.1, 0.15) is 0 Å². The van der Waals surface area contributed by atoms with Crippen LogP contribution in [0.4, 0.5) is 0 Å². The van der Waals surface area contributed by atoms with E-state index in [1.54, 1.807) is 6.08 Å². The minimum absolute atomic E-state index is 0.0125. The largest absolute Gasteiger partial charge is 0.469 e. The minimum atomic E-state index is -0.0316. The van der Waals surface area contributed by atoms with Gasteiger partial charge in [0.25, 0.3) is 0 Å². The van der Waals surface area contributed by atoms with E-state index in [0.29, 0.717) is 23.7 Å². The maximum Gasteiger partial charge on any atom is 0.308 e. The van der Waals surface area contributed by atoms with E-state index in [1.165, 1.54) is 31.9 Å². The van der Waals surface area contributed by atoms with Crippen LogP contribution in [-0.4, -0.2) is 18.9 Å². The summed E-state index contributed by atoms with van der Waals surface area (Å²) in [4.78, 5) is 24.1. The highest BCUT2D eigenvalue weighted by Crippen LogP contribution is 2.57. The molecule has 154 valence electrons. The summed E-state index contributed by atoms with van der Waals surface area (Å²) in [6.07, 6.45) is 21.8. The number of rotatable bonds is 5. The summed E-state index contributed by atoms with van der Waals surface area (Å²) in [5.74, 6) is 2.39. The SMILES string of the molecule is C#C.CCCCC1C(C2C[C@@H](C)[C@H](C(=O)OC)C2)CCC2=CC(=O)C=C[C@@]21C. The van der Waals surface area contributed by atoms with Crippen molar-refractivity contribution >= 4 is 11.8 Å². The summed E-state index contributed by atoms with van der Waals surface area (Å²) < 4.78 is 5.05. The van der Waals surface area contributed by atoms with Crippen molar-refractivity contribution in [2.45, 2.75) is 65.7 Å². The first-order valence-corrected chi connectivity index (χ1v) is 10.8. The van der Waals surface area contributed by atoms with Gasteiger partial charge in [0, 0.05) is 5.41 Å². The normalized spacial score (nSPS) is 36.7. The van der Waals surface area contributed by atoms with Gasteiger partial charge < -0.3 is 4.74 Å². The van der Waals surface area contributed by atoms with E-state index < -0.39 is 0 Å². The Morgan fingerprint density at radius 2 is 2.04 bits per heavy atom. The number of allylic oxidation sites excluding steroid dienone is 4. The molecule has 3 aliphatic rings. The maximum atomic E-state index is 12.2. The molecule has 2 saturated carbocycles. The van der Waals surface area contributed by atoms with E-state index in [0.717, 1.165) is 25.7 Å². The van der Waals surface area contributed by atoms with E-state index in [-0.39, 0.29) is 23.1 Å². The highest BCUT2D eigenvalue weighted by atomic mass is 16.5. The summed E-state index contributed by atoms with van der Waals surface area (Å²) in [7, 11) is 1.51. The topological polar surface area (TPSA) is 43.4 Å². The molecule has 3 nitrogen and oxygen atoms in total. The molecule has 0 radical (unpaired) electrons. The number of fused-ring (bicyclic) bond motifs is 1. The van der Waals surface area contributed by atoms with Crippen LogP contribution in [0.15, 0.2) is 23.8 Å². The predicted octanol–water partition coefficient (Wildman–Crippen LogP) is 5.36. The van der Waals surface area contributed by atoms with Crippen molar-refractivity contribution in [1.82, 2.24) is 0 Å². The lowest BCUT2D eigenvalue weighted by atomic mass is 9.54. The number of ether oxygens (including phenoxy) is 1. The summed E-state index contributed by atoms with van der Waals surface area (Å²) in [5.41, 5.74) is 1.34. The molecular formula is C25H36O3. The van der Waals surface area contributed by atoms with Crippen LogP contribution in [0, 0.1) is 47.9 Å². The Morgan fingerprint density at radius 1 is 1.32 bits per heavy atom. The third-order valence-corrected chi connectivity index (χ3v) is 7.53. The van der Waals surface area contributed by atoms with Crippen molar-refractivity contribution in [2.75, 3.05) is 7.11 Å². The molecule has 2 fully saturated rings. The van der Waals surface area contributed by atoms with Gasteiger partial charge in [-0.15, -0.1) is 12.8 Å². The zero-order valence-electron chi connectivity index (χ0n) is 17.9. The van der Waals surface area contributed by atoms with Crippen molar-refractivity contribution in [3.8, 4) is 12.8 Å². The van der Waals surface area contributed by atoms with Gasteiger partial charge in [0.05, 0.1) is 13.0 Å². The van der Waals surface area contributed by atoms with E-state index in [2.05, 4.69) is 39.7 Å². The Labute approximate surface area is 171 Å². The van der Waals surface area contributed by atoms with Crippen molar-refractivity contribution < 1.29 is 14.3 Å². The third kappa shape index (κ3) is 4.27. The molecule has 3 unspecified atom stereocenters. The predicted molar refractivity (Wildman–Crippen MR) is 113 cm³/mol. The first-order chi connectivity index (χ1) is 13.4. The van der Waals surface area contributed by atoms with Crippen LogP contribution >= 0.6 is 0 Å². The lowest BCUT2D eigenvalue weighted by molar-refractivity contribution is -0.146. The number of carbonyl (C=O) groups is 2. The number of esters is 1. The molecule has 0 aromatic rings. The molecular weight excluding hydrogens is 348 g/mol. The number of methoxy groups -OCH3 is 1. The zero-order valence-corrected chi connectivity index (χ0v) is 17.9. The third-order valence-electron chi connectivity index (χ3n) is 7.53. The quantitative estimate of drug-likeness (QED) is 0.473. The average Bonchev–Trinajstić information content (AvgIpc) is 3.09. The van der Waals surface area contributed by atoms with E-state index >= 15 is 0 Å². The van der Waals surface area contributed by atoms with Crippen LogP contribution in [0.25, 0.3) is 0 Å². The molecule has 0 N–H and O–H groups in total. The fourth-order valence-electron chi connectivity index (χ4n) is 6.04. The molecule has 0 aromatic heterocycles. The van der Waals surface area contributed by atoms with Gasteiger partial charge in [0.2, 0.25) is 0 Å². The van der Waals surface area contributed by atoms with Crippen molar-refractivity contribution in [1.29, 1.82) is 0 Å². The van der Waals surface area contributed by atoms with E-state index in [1.807, 2.05) is 6.08 Å². The van der Waals surface area contributed by atoms with Crippen molar-refractivity contribution in [2.24, 2.45) is 35.0 Å². The van der Waals surface area contributed by atoms with Gasteiger partial charge in [-0.25, -0.2) is 0 Å². The first kappa shape index (κ1) is 22.5. The molecule has 3 aliphatic carbocycles. The number of hydrogen-bond acceptors (Lipinski definition) is 3. The second-order valence-electron chi connectivity index (χ2n) is 8.98. The number of carbonyl (C=O) groups excluding carboxylic acids is 2. The van der Waals surface area contributed by atoms with Gasteiger partial charge in [-0.2, -0.15) is 0 Å². The summed E-state index contributed by atoms with van der Waals surface area (Å²) in [5, 5.41) is 0. The minimum Gasteiger partial charge on any atom is -0.469 e. The molecule has 28 heavy (non-hydrogen) atoms. The highest BCUT2D eigenvalue weighted by molar-refractivity contribution is 6.01. The summed E-state index contributed by atoms with van der Waals surface area (Å²) in [6, 6.07) is 0. The molecule has 0 spiro atoms. The molecule has 3 rings (SSSR count). The highest BCUT2D eigenvalue weighted by Gasteiger charge is 2.49. The number of unbranched alkanes of at least 4 members (excludes halogenated alkanes) is 1. The maximum absolute atomic E-state index is 12.2. The molecule has 0 saturated heterocycles. The van der Waals surface area contributed by atoms with Crippen LogP contribution in [0.3, 0.4) is 0 Å². The number of ketones is 1. The average molecular weight is 385 g/mol. The number of terminal acetylenes is 1. The van der Waals surface area contributed by atoms with Gasteiger partial charge in [-0.1, -0.05) is 45.3 Å². The Kier molecular flexibility index (Phi) is 7.70. The van der Waals surface area contributed by atoms with Gasteiger partial charge >= 0.3 is 5.97 Å². The molecule has 0 bridgehead atoms. The van der Waals surface area contributed by atoms with Gasteiger partial charge in [-0.05, 0) is 67.9 Å². The van der Waals surface area contributed by atoms with Crippen molar-refractivity contribution in [3.05, 3.63) is 23.8 Å². The molecule has 6 atom stereocenters. The smallest absolute Gasteiger partial charge is 0.308 e. The second kappa shape index (κ2) is 9.59. The monoisotopic (exact) mass is 384 g/mol. The van der Waals surface area contributed by atoms with Crippen LogP contribution in [-0.2, 0) is 14.3 Å². The van der Waals surface area contributed by atoms with Crippen LogP contribution < -0.4 is 0 Å². The molecule has 0 aromatic carbocycles. The van der Waals surface area contributed by atoms with Gasteiger partial charge in [-0.3, -0.25) is 9.59 Å².